The second-order valence-electron chi connectivity index (χ2n) is 6.57. The van der Waals surface area contributed by atoms with Crippen LogP contribution in [0.15, 0.2) is 4.99 Å². The largest absolute Gasteiger partial charge is 0.381 e. The topological polar surface area (TPSA) is 38.7 Å². The van der Waals surface area contributed by atoms with Gasteiger partial charge in [-0.2, -0.15) is 0 Å². The van der Waals surface area contributed by atoms with E-state index in [1.54, 1.807) is 18.9 Å². The van der Waals surface area contributed by atoms with Crippen LogP contribution in [0, 0.1) is 5.92 Å². The molecule has 0 aromatic rings. The van der Waals surface area contributed by atoms with Gasteiger partial charge in [0.1, 0.15) is 4.75 Å². The number of aliphatic imine (C=N–C) groups is 1. The van der Waals surface area contributed by atoms with Gasteiger partial charge in [0, 0.05) is 7.11 Å². The zero-order chi connectivity index (χ0) is 14.0. The van der Waals surface area contributed by atoms with Gasteiger partial charge in [0.25, 0.3) is 5.91 Å². The van der Waals surface area contributed by atoms with Gasteiger partial charge in [-0.05, 0) is 38.0 Å². The maximum absolute atomic E-state index is 12.4. The number of hydrogen-bond donors (Lipinski definition) is 0. The van der Waals surface area contributed by atoms with Gasteiger partial charge in [-0.3, -0.25) is 4.79 Å². The highest BCUT2D eigenvalue weighted by atomic mass is 32.2. The molecule has 0 aromatic heterocycles. The van der Waals surface area contributed by atoms with Crippen LogP contribution in [0.4, 0.5) is 0 Å². The summed E-state index contributed by atoms with van der Waals surface area (Å²) in [6.45, 7) is 0. The standard InChI is InChI=1S/C16H25NO2S/c1-19-13-8-5-9-16(11-13)15(18)17-14(20-16)10-12-6-3-2-4-7-12/h12-13H,2-11H2,1H3. The van der Waals surface area contributed by atoms with Crippen molar-refractivity contribution in [3.63, 3.8) is 0 Å². The zero-order valence-corrected chi connectivity index (χ0v) is 13.2. The molecule has 1 amide bonds. The third kappa shape index (κ3) is 2.96. The molecule has 3 rings (SSSR count). The molecule has 2 unspecified atom stereocenters. The number of nitrogens with zero attached hydrogens (tertiary/aromatic N) is 1. The molecule has 1 heterocycles. The third-order valence-electron chi connectivity index (χ3n) is 5.11. The number of hydrogen-bond acceptors (Lipinski definition) is 3. The van der Waals surface area contributed by atoms with E-state index in [9.17, 15) is 4.79 Å². The molecule has 20 heavy (non-hydrogen) atoms. The maximum Gasteiger partial charge on any atom is 0.263 e. The lowest BCUT2D eigenvalue weighted by atomic mass is 9.85. The number of ether oxygens (including phenoxy) is 1. The van der Waals surface area contributed by atoms with Crippen LogP contribution >= 0.6 is 11.8 Å². The quantitative estimate of drug-likeness (QED) is 0.791. The Morgan fingerprint density at radius 2 is 2.05 bits per heavy atom. The van der Waals surface area contributed by atoms with E-state index in [2.05, 4.69) is 4.99 Å². The molecule has 0 radical (unpaired) electrons. The van der Waals surface area contributed by atoms with Crippen molar-refractivity contribution in [3.8, 4) is 0 Å². The summed E-state index contributed by atoms with van der Waals surface area (Å²) in [5.41, 5.74) is 0. The molecule has 4 heteroatoms. The van der Waals surface area contributed by atoms with Gasteiger partial charge in [0.2, 0.25) is 0 Å². The summed E-state index contributed by atoms with van der Waals surface area (Å²) in [5.74, 6) is 0.884. The van der Waals surface area contributed by atoms with Crippen LogP contribution in [0.2, 0.25) is 0 Å². The van der Waals surface area contributed by atoms with Crippen molar-refractivity contribution in [2.45, 2.75) is 75.1 Å². The monoisotopic (exact) mass is 295 g/mol. The first-order valence-corrected chi connectivity index (χ1v) is 8.87. The first-order valence-electron chi connectivity index (χ1n) is 8.06. The Kier molecular flexibility index (Phi) is 4.51. The number of carbonyl (C=O) groups is 1. The SMILES string of the molecule is COC1CCCC2(C1)SC(CC1CCCCC1)=NC2=O. The Morgan fingerprint density at radius 1 is 1.25 bits per heavy atom. The molecule has 0 aromatic carbocycles. The Morgan fingerprint density at radius 3 is 2.80 bits per heavy atom. The third-order valence-corrected chi connectivity index (χ3v) is 6.54. The van der Waals surface area contributed by atoms with Gasteiger partial charge in [0.05, 0.1) is 11.1 Å². The molecular formula is C16H25NO2S. The van der Waals surface area contributed by atoms with Gasteiger partial charge in [-0.25, -0.2) is 4.99 Å². The average Bonchev–Trinajstić information content (AvgIpc) is 2.75. The Bertz CT molecular complexity index is 403. The van der Waals surface area contributed by atoms with E-state index in [0.29, 0.717) is 0 Å². The fourth-order valence-electron chi connectivity index (χ4n) is 3.91. The summed E-state index contributed by atoms with van der Waals surface area (Å²) >= 11 is 1.78. The first kappa shape index (κ1) is 14.6. The summed E-state index contributed by atoms with van der Waals surface area (Å²) in [7, 11) is 1.76. The summed E-state index contributed by atoms with van der Waals surface area (Å²) in [6.07, 6.45) is 12.0. The lowest BCUT2D eigenvalue weighted by molar-refractivity contribution is -0.121. The van der Waals surface area contributed by atoms with E-state index >= 15 is 0 Å². The Hall–Kier alpha value is -0.350. The maximum atomic E-state index is 12.4. The lowest BCUT2D eigenvalue weighted by Crippen LogP contribution is -2.39. The van der Waals surface area contributed by atoms with Crippen molar-refractivity contribution in [1.82, 2.24) is 0 Å². The van der Waals surface area contributed by atoms with Crippen LogP contribution in [0.1, 0.15) is 64.2 Å². The number of thioether (sulfide) groups is 1. The minimum Gasteiger partial charge on any atom is -0.381 e. The van der Waals surface area contributed by atoms with Crippen LogP contribution in [0.3, 0.4) is 0 Å². The van der Waals surface area contributed by atoms with Crippen molar-refractivity contribution in [1.29, 1.82) is 0 Å². The number of amides is 1. The minimum atomic E-state index is -0.275. The van der Waals surface area contributed by atoms with Gasteiger partial charge < -0.3 is 4.74 Å². The van der Waals surface area contributed by atoms with Crippen molar-refractivity contribution in [3.05, 3.63) is 0 Å². The fraction of sp³-hybridized carbons (Fsp3) is 0.875. The fourth-order valence-corrected chi connectivity index (χ4v) is 5.46. The van der Waals surface area contributed by atoms with Crippen molar-refractivity contribution >= 4 is 22.7 Å². The molecule has 0 saturated heterocycles. The summed E-state index contributed by atoms with van der Waals surface area (Å²) in [4.78, 5) is 16.8. The Labute approximate surface area is 125 Å². The molecule has 2 fully saturated rings. The van der Waals surface area contributed by atoms with E-state index < -0.39 is 0 Å². The molecule has 2 aliphatic carbocycles. The highest BCUT2D eigenvalue weighted by Crippen LogP contribution is 2.47. The highest BCUT2D eigenvalue weighted by Gasteiger charge is 2.48. The van der Waals surface area contributed by atoms with Crippen LogP contribution in [0.25, 0.3) is 0 Å². The summed E-state index contributed by atoms with van der Waals surface area (Å²) in [5, 5.41) is 1.11. The molecule has 0 bridgehead atoms. The summed E-state index contributed by atoms with van der Waals surface area (Å²) < 4.78 is 5.22. The normalized spacial score (nSPS) is 35.5. The molecule has 2 atom stereocenters. The Balaban J connectivity index is 1.62. The smallest absolute Gasteiger partial charge is 0.263 e. The first-order chi connectivity index (χ1) is 9.72. The summed E-state index contributed by atoms with van der Waals surface area (Å²) in [6, 6.07) is 0. The molecule has 3 aliphatic rings. The van der Waals surface area contributed by atoms with E-state index in [1.807, 2.05) is 0 Å². The molecule has 3 nitrogen and oxygen atoms in total. The minimum absolute atomic E-state index is 0.120. The van der Waals surface area contributed by atoms with E-state index in [-0.39, 0.29) is 16.8 Å². The number of rotatable bonds is 3. The number of carbonyl (C=O) groups excluding carboxylic acids is 1. The lowest BCUT2D eigenvalue weighted by Gasteiger charge is -2.34. The molecular weight excluding hydrogens is 270 g/mol. The van der Waals surface area contributed by atoms with Crippen LogP contribution in [-0.2, 0) is 9.53 Å². The average molecular weight is 295 g/mol. The predicted molar refractivity (Wildman–Crippen MR) is 83.2 cm³/mol. The van der Waals surface area contributed by atoms with Crippen LogP contribution < -0.4 is 0 Å². The highest BCUT2D eigenvalue weighted by molar-refractivity contribution is 8.16. The van der Waals surface area contributed by atoms with Gasteiger partial charge >= 0.3 is 0 Å². The second kappa shape index (κ2) is 6.18. The predicted octanol–water partition coefficient (Wildman–Crippen LogP) is 3.96. The van der Waals surface area contributed by atoms with Crippen LogP contribution in [0.5, 0.6) is 0 Å². The molecule has 112 valence electrons. The van der Waals surface area contributed by atoms with Gasteiger partial charge in [-0.15, -0.1) is 0 Å². The van der Waals surface area contributed by atoms with E-state index in [4.69, 9.17) is 4.74 Å². The van der Waals surface area contributed by atoms with E-state index in [1.165, 1.54) is 32.1 Å². The van der Waals surface area contributed by atoms with Gasteiger partial charge in [-0.1, -0.05) is 43.9 Å². The second-order valence-corrected chi connectivity index (χ2v) is 8.03. The molecule has 1 spiro atoms. The molecule has 1 aliphatic heterocycles. The van der Waals surface area contributed by atoms with Crippen molar-refractivity contribution in [2.75, 3.05) is 7.11 Å². The molecule has 0 N–H and O–H groups in total. The number of methoxy groups -OCH3 is 1. The molecule has 2 saturated carbocycles. The van der Waals surface area contributed by atoms with E-state index in [0.717, 1.165) is 43.1 Å². The van der Waals surface area contributed by atoms with Crippen molar-refractivity contribution < 1.29 is 9.53 Å². The zero-order valence-electron chi connectivity index (χ0n) is 12.4. The van der Waals surface area contributed by atoms with Gasteiger partial charge in [0.15, 0.2) is 0 Å². The van der Waals surface area contributed by atoms with Crippen molar-refractivity contribution in [2.24, 2.45) is 10.9 Å². The van der Waals surface area contributed by atoms with Crippen LogP contribution in [-0.4, -0.2) is 28.9 Å².